The number of carbonyl (C=O) groups excluding carboxylic acids is 1. The number of alkyl halides is 3. The van der Waals surface area contributed by atoms with Crippen LogP contribution in [0.2, 0.25) is 0 Å². The van der Waals surface area contributed by atoms with Gasteiger partial charge in [0.15, 0.2) is 0 Å². The first-order chi connectivity index (χ1) is 14.9. The average Bonchev–Trinajstić information content (AvgIpc) is 2.72. The summed E-state index contributed by atoms with van der Waals surface area (Å²) in [6.07, 6.45) is 14.6. The zero-order valence-electron chi connectivity index (χ0n) is 18.7. The number of allylic oxidation sites excluding steroid dienone is 4. The molecular weight excluding hydrogens is 399 g/mol. The van der Waals surface area contributed by atoms with E-state index in [1.165, 1.54) is 31.4 Å². The molecule has 0 saturated carbocycles. The highest BCUT2D eigenvalue weighted by molar-refractivity contribution is 5.78. The Bertz CT molecular complexity index is 652. The lowest BCUT2D eigenvalue weighted by Gasteiger charge is -2.27. The van der Waals surface area contributed by atoms with E-state index in [1.807, 2.05) is 0 Å². The molecule has 2 unspecified atom stereocenters. The van der Waals surface area contributed by atoms with Crippen LogP contribution < -0.4 is 5.73 Å². The highest BCUT2D eigenvalue weighted by atomic mass is 19.4. The maximum Gasteiger partial charge on any atom is 0.396 e. The molecule has 0 aliphatic heterocycles. The number of hydrogen-bond donors (Lipinski definition) is 1. The van der Waals surface area contributed by atoms with Crippen LogP contribution in [0.1, 0.15) is 89.0 Å². The molecule has 0 fully saturated rings. The van der Waals surface area contributed by atoms with Crippen molar-refractivity contribution in [3.05, 3.63) is 60.2 Å². The predicted octanol–water partition coefficient (Wildman–Crippen LogP) is 7.86. The third kappa shape index (κ3) is 11.8. The van der Waals surface area contributed by atoms with Crippen LogP contribution in [0.4, 0.5) is 13.2 Å². The Kier molecular flexibility index (Phi) is 13.7. The molecule has 1 amide bonds. The van der Waals surface area contributed by atoms with Crippen molar-refractivity contribution in [2.75, 3.05) is 0 Å². The van der Waals surface area contributed by atoms with E-state index in [0.29, 0.717) is 6.42 Å². The zero-order chi connectivity index (χ0) is 23.0. The molecule has 0 saturated heterocycles. The average molecular weight is 438 g/mol. The minimum Gasteiger partial charge on any atom is -0.369 e. The van der Waals surface area contributed by atoms with Gasteiger partial charge in [0.1, 0.15) is 0 Å². The number of unbranched alkanes of at least 4 members (excludes halogenated alkanes) is 7. The summed E-state index contributed by atoms with van der Waals surface area (Å²) in [6, 6.07) is 7.61. The summed E-state index contributed by atoms with van der Waals surface area (Å²) in [5, 5.41) is 0. The van der Waals surface area contributed by atoms with E-state index in [0.717, 1.165) is 38.5 Å². The second-order valence-electron chi connectivity index (χ2n) is 8.10. The zero-order valence-corrected chi connectivity index (χ0v) is 18.7. The van der Waals surface area contributed by atoms with Gasteiger partial charge in [0.25, 0.3) is 0 Å². The number of benzene rings is 1. The Balaban J connectivity index is 2.33. The number of halogens is 3. The number of nitrogens with two attached hydrogens (primary N) is 1. The third-order valence-corrected chi connectivity index (χ3v) is 5.49. The van der Waals surface area contributed by atoms with Crippen molar-refractivity contribution < 1.29 is 18.0 Å². The van der Waals surface area contributed by atoms with Gasteiger partial charge >= 0.3 is 6.18 Å². The highest BCUT2D eigenvalue weighted by Gasteiger charge is 2.47. The van der Waals surface area contributed by atoms with Gasteiger partial charge in [-0.1, -0.05) is 93.7 Å². The molecule has 0 bridgehead atoms. The van der Waals surface area contributed by atoms with Crippen molar-refractivity contribution in [3.8, 4) is 0 Å². The second-order valence-corrected chi connectivity index (χ2v) is 8.10. The van der Waals surface area contributed by atoms with Crippen molar-refractivity contribution >= 4 is 5.91 Å². The number of carbonyl (C=O) groups is 1. The monoisotopic (exact) mass is 437 g/mol. The molecule has 1 aromatic rings. The minimum atomic E-state index is -4.50. The molecule has 0 aliphatic carbocycles. The van der Waals surface area contributed by atoms with Gasteiger partial charge in [0.05, 0.1) is 11.8 Å². The second kappa shape index (κ2) is 15.7. The van der Waals surface area contributed by atoms with Crippen LogP contribution in [0.5, 0.6) is 0 Å². The first-order valence-electron chi connectivity index (χ1n) is 11.6. The maximum atomic E-state index is 13.7. The van der Waals surface area contributed by atoms with Crippen molar-refractivity contribution in [2.45, 2.75) is 89.6 Å². The highest BCUT2D eigenvalue weighted by Crippen LogP contribution is 2.42. The Hall–Kier alpha value is -2.04. The SMILES string of the molecule is CCCCC/C=C\C/C=C\CCCCCCC(C(N)=O)C(c1ccccc1)C(F)(F)F. The van der Waals surface area contributed by atoms with Gasteiger partial charge in [-0.15, -0.1) is 0 Å². The Morgan fingerprint density at radius 2 is 1.48 bits per heavy atom. The molecule has 5 heteroatoms. The molecule has 0 spiro atoms. The van der Waals surface area contributed by atoms with Crippen molar-refractivity contribution in [1.82, 2.24) is 0 Å². The van der Waals surface area contributed by atoms with Crippen LogP contribution in [0.25, 0.3) is 0 Å². The van der Waals surface area contributed by atoms with Crippen LogP contribution in [0, 0.1) is 5.92 Å². The van der Waals surface area contributed by atoms with Gasteiger partial charge < -0.3 is 5.73 Å². The lowest BCUT2D eigenvalue weighted by Crippen LogP contribution is -2.36. The predicted molar refractivity (Wildman–Crippen MR) is 123 cm³/mol. The molecule has 31 heavy (non-hydrogen) atoms. The van der Waals surface area contributed by atoms with Crippen LogP contribution in [0.3, 0.4) is 0 Å². The van der Waals surface area contributed by atoms with E-state index in [9.17, 15) is 18.0 Å². The molecule has 0 aromatic heterocycles. The van der Waals surface area contributed by atoms with Crippen molar-refractivity contribution in [3.63, 3.8) is 0 Å². The Labute approximate surface area is 185 Å². The quantitative estimate of drug-likeness (QED) is 0.208. The third-order valence-electron chi connectivity index (χ3n) is 5.49. The van der Waals surface area contributed by atoms with Crippen molar-refractivity contribution in [1.29, 1.82) is 0 Å². The van der Waals surface area contributed by atoms with E-state index in [-0.39, 0.29) is 12.0 Å². The van der Waals surface area contributed by atoms with Crippen LogP contribution in [-0.2, 0) is 4.79 Å². The summed E-state index contributed by atoms with van der Waals surface area (Å²) in [5.41, 5.74) is 5.47. The van der Waals surface area contributed by atoms with Crippen LogP contribution >= 0.6 is 0 Å². The Morgan fingerprint density at radius 1 is 0.903 bits per heavy atom. The number of primary amides is 1. The van der Waals surface area contributed by atoms with Crippen LogP contribution in [0.15, 0.2) is 54.6 Å². The summed E-state index contributed by atoms with van der Waals surface area (Å²) in [5.74, 6) is -3.95. The molecule has 0 radical (unpaired) electrons. The molecule has 2 atom stereocenters. The van der Waals surface area contributed by atoms with Gasteiger partial charge in [-0.3, -0.25) is 4.79 Å². The first-order valence-corrected chi connectivity index (χ1v) is 11.6. The normalized spacial score (nSPS) is 14.3. The summed E-state index contributed by atoms with van der Waals surface area (Å²) in [4.78, 5) is 11.8. The molecule has 0 aliphatic rings. The van der Waals surface area contributed by atoms with Crippen LogP contribution in [-0.4, -0.2) is 12.1 Å². The summed E-state index contributed by atoms with van der Waals surface area (Å²) >= 11 is 0. The molecule has 1 aromatic carbocycles. The van der Waals surface area contributed by atoms with Gasteiger partial charge in [0, 0.05) is 0 Å². The lowest BCUT2D eigenvalue weighted by molar-refractivity contribution is -0.168. The Morgan fingerprint density at radius 3 is 2.03 bits per heavy atom. The van der Waals surface area contributed by atoms with E-state index in [4.69, 9.17) is 5.73 Å². The van der Waals surface area contributed by atoms with Crippen molar-refractivity contribution in [2.24, 2.45) is 11.7 Å². The number of hydrogen-bond acceptors (Lipinski definition) is 1. The number of rotatable bonds is 16. The molecule has 0 heterocycles. The smallest absolute Gasteiger partial charge is 0.369 e. The lowest BCUT2D eigenvalue weighted by atomic mass is 9.81. The molecule has 2 N–H and O–H groups in total. The van der Waals surface area contributed by atoms with Gasteiger partial charge in [-0.2, -0.15) is 13.2 Å². The fraction of sp³-hybridized carbons (Fsp3) is 0.577. The van der Waals surface area contributed by atoms with Gasteiger partial charge in [-0.05, 0) is 44.1 Å². The number of amides is 1. The summed E-state index contributed by atoms with van der Waals surface area (Å²) < 4.78 is 41.0. The standard InChI is InChI=1S/C26H38F3NO/c1-2-3-4-5-6-7-8-9-10-11-12-13-14-18-21-23(25(30)31)24(26(27,28)29)22-19-16-15-17-20-22/h6-7,9-10,15-17,19-20,23-24H,2-5,8,11-14,18,21H2,1H3,(H2,30,31)/b7-6-,10-9-. The first kappa shape index (κ1) is 27.0. The maximum absolute atomic E-state index is 13.7. The fourth-order valence-electron chi connectivity index (χ4n) is 3.78. The van der Waals surface area contributed by atoms with Gasteiger partial charge in [0.2, 0.25) is 5.91 Å². The summed E-state index contributed by atoms with van der Waals surface area (Å²) in [6.45, 7) is 2.20. The minimum absolute atomic E-state index is 0.100. The van der Waals surface area contributed by atoms with E-state index in [2.05, 4.69) is 31.2 Å². The fourth-order valence-corrected chi connectivity index (χ4v) is 3.78. The topological polar surface area (TPSA) is 43.1 Å². The molecule has 2 nitrogen and oxygen atoms in total. The molecule has 174 valence electrons. The van der Waals surface area contributed by atoms with E-state index in [1.54, 1.807) is 18.2 Å². The van der Waals surface area contributed by atoms with E-state index >= 15 is 0 Å². The van der Waals surface area contributed by atoms with E-state index < -0.39 is 23.9 Å². The summed E-state index contributed by atoms with van der Waals surface area (Å²) in [7, 11) is 0. The largest absolute Gasteiger partial charge is 0.396 e. The molecule has 1 rings (SSSR count). The molecular formula is C26H38F3NO. The van der Waals surface area contributed by atoms with Gasteiger partial charge in [-0.25, -0.2) is 0 Å².